The van der Waals surface area contributed by atoms with Gasteiger partial charge >= 0.3 is 0 Å². The Morgan fingerprint density at radius 1 is 1.09 bits per heavy atom. The highest BCUT2D eigenvalue weighted by atomic mass is 32.2. The van der Waals surface area contributed by atoms with Gasteiger partial charge in [0.05, 0.1) is 40.5 Å². The van der Waals surface area contributed by atoms with Crippen LogP contribution in [0.2, 0.25) is 0 Å². The lowest BCUT2D eigenvalue weighted by Crippen LogP contribution is -2.34. The fourth-order valence-electron chi connectivity index (χ4n) is 3.82. The number of fused-ring (bicyclic) bond motifs is 1. The van der Waals surface area contributed by atoms with Crippen molar-refractivity contribution in [3.05, 3.63) is 94.0 Å². The van der Waals surface area contributed by atoms with Crippen LogP contribution in [0, 0.1) is 31.0 Å². The molecule has 6 nitrogen and oxygen atoms in total. The molecule has 1 aromatic heterocycles. The molecule has 0 saturated carbocycles. The van der Waals surface area contributed by atoms with Crippen LogP contribution in [0.25, 0.3) is 16.6 Å². The van der Waals surface area contributed by atoms with Crippen LogP contribution in [0.5, 0.6) is 0 Å². The minimum Gasteiger partial charge on any atom is -0.308 e. The van der Waals surface area contributed by atoms with Crippen molar-refractivity contribution in [2.24, 2.45) is 0 Å². The lowest BCUT2D eigenvalue weighted by molar-refractivity contribution is -0.116. The summed E-state index contributed by atoms with van der Waals surface area (Å²) >= 11 is 1.11. The molecule has 0 aliphatic heterocycles. The summed E-state index contributed by atoms with van der Waals surface area (Å²) < 4.78 is 16.0. The normalized spacial score (nSPS) is 10.8. The van der Waals surface area contributed by atoms with Gasteiger partial charge in [0.15, 0.2) is 5.16 Å². The lowest BCUT2D eigenvalue weighted by atomic mass is 10.1. The van der Waals surface area contributed by atoms with Crippen molar-refractivity contribution in [3.8, 4) is 11.8 Å². The first-order valence-corrected chi connectivity index (χ1v) is 12.0. The number of rotatable bonds is 7. The van der Waals surface area contributed by atoms with E-state index in [0.29, 0.717) is 21.7 Å². The minimum atomic E-state index is -0.542. The molecule has 8 heteroatoms. The van der Waals surface area contributed by atoms with Crippen molar-refractivity contribution in [2.75, 3.05) is 17.2 Å². The number of hydrogen-bond acceptors (Lipinski definition) is 5. The zero-order chi connectivity index (χ0) is 24.9. The molecule has 3 aromatic carbocycles. The van der Waals surface area contributed by atoms with E-state index in [1.807, 2.05) is 38.1 Å². The Balaban J connectivity index is 1.75. The number of nitriles is 1. The summed E-state index contributed by atoms with van der Waals surface area (Å²) in [5, 5.41) is 9.87. The topological polar surface area (TPSA) is 79.0 Å². The maximum Gasteiger partial charge on any atom is 0.266 e. The lowest BCUT2D eigenvalue weighted by Gasteiger charge is -2.22. The molecular formula is C27H23FN4O2S. The molecule has 0 radical (unpaired) electrons. The fourth-order valence-corrected chi connectivity index (χ4v) is 4.70. The third kappa shape index (κ3) is 4.96. The smallest absolute Gasteiger partial charge is 0.266 e. The first-order chi connectivity index (χ1) is 16.9. The van der Waals surface area contributed by atoms with Gasteiger partial charge in [0.25, 0.3) is 5.56 Å². The average molecular weight is 487 g/mol. The molecule has 0 aliphatic rings. The number of amides is 1. The summed E-state index contributed by atoms with van der Waals surface area (Å²) in [4.78, 5) is 32.7. The van der Waals surface area contributed by atoms with Crippen molar-refractivity contribution >= 4 is 34.3 Å². The van der Waals surface area contributed by atoms with Crippen LogP contribution in [0.1, 0.15) is 17.5 Å². The molecule has 0 spiro atoms. The summed E-state index contributed by atoms with van der Waals surface area (Å²) in [5.41, 5.74) is 3.07. The number of aromatic nitrogens is 2. The molecular weight excluding hydrogens is 463 g/mol. The number of carbonyl (C=O) groups excluding carboxylic acids is 1. The molecule has 4 rings (SSSR count). The quantitative estimate of drug-likeness (QED) is 0.266. The summed E-state index contributed by atoms with van der Waals surface area (Å²) in [7, 11) is 0. The Bertz CT molecular complexity index is 1510. The highest BCUT2D eigenvalue weighted by Gasteiger charge is 2.21. The third-order valence-corrected chi connectivity index (χ3v) is 6.70. The summed E-state index contributed by atoms with van der Waals surface area (Å²) in [6.07, 6.45) is 0.0617. The van der Waals surface area contributed by atoms with Crippen molar-refractivity contribution in [1.29, 1.82) is 5.26 Å². The van der Waals surface area contributed by atoms with Crippen LogP contribution < -0.4 is 10.5 Å². The van der Waals surface area contributed by atoms with Crippen LogP contribution in [0.15, 0.2) is 76.7 Å². The van der Waals surface area contributed by atoms with Gasteiger partial charge in [-0.1, -0.05) is 48.2 Å². The first-order valence-electron chi connectivity index (χ1n) is 11.1. The van der Waals surface area contributed by atoms with Crippen LogP contribution >= 0.6 is 11.8 Å². The SMILES string of the molecule is Cc1cccc(-n2c(SCC(=O)N(CCC#N)c3ccccc3F)nc3ccccc3c2=O)c1C. The van der Waals surface area contributed by atoms with Gasteiger partial charge in [-0.25, -0.2) is 9.37 Å². The number of para-hydroxylation sites is 2. The number of aryl methyl sites for hydroxylation is 1. The van der Waals surface area contributed by atoms with E-state index in [4.69, 9.17) is 10.2 Å². The Morgan fingerprint density at radius 2 is 1.83 bits per heavy atom. The third-order valence-electron chi connectivity index (χ3n) is 5.78. The molecule has 0 atom stereocenters. The number of carbonyl (C=O) groups is 1. The molecule has 176 valence electrons. The summed E-state index contributed by atoms with van der Waals surface area (Å²) in [5.74, 6) is -1.01. The van der Waals surface area contributed by atoms with E-state index in [0.717, 1.165) is 22.9 Å². The van der Waals surface area contributed by atoms with Crippen LogP contribution in [0.4, 0.5) is 10.1 Å². The standard InChI is InChI=1S/C27H23FN4O2S/c1-18-9-7-14-23(19(18)2)32-26(34)20-10-3-5-12-22(20)30-27(32)35-17-25(33)31(16-8-15-29)24-13-6-4-11-21(24)28/h3-7,9-14H,8,16-17H2,1-2H3. The van der Waals surface area contributed by atoms with E-state index >= 15 is 0 Å². The maximum atomic E-state index is 14.4. The van der Waals surface area contributed by atoms with Gasteiger partial charge in [-0.2, -0.15) is 5.26 Å². The number of halogens is 1. The average Bonchev–Trinajstić information content (AvgIpc) is 2.86. The predicted octanol–water partition coefficient (Wildman–Crippen LogP) is 5.18. The molecule has 1 amide bonds. The number of hydrogen-bond donors (Lipinski definition) is 0. The summed E-state index contributed by atoms with van der Waals surface area (Å²) in [6.45, 7) is 3.97. The predicted molar refractivity (Wildman–Crippen MR) is 137 cm³/mol. The molecule has 0 bridgehead atoms. The van der Waals surface area contributed by atoms with Gasteiger partial charge < -0.3 is 4.90 Å². The van der Waals surface area contributed by atoms with E-state index in [2.05, 4.69) is 0 Å². The Labute approximate surface area is 206 Å². The first kappa shape index (κ1) is 24.2. The summed E-state index contributed by atoms with van der Waals surface area (Å²) in [6, 6.07) is 20.8. The largest absolute Gasteiger partial charge is 0.308 e. The second kappa shape index (κ2) is 10.5. The number of benzene rings is 3. The number of nitrogens with zero attached hydrogens (tertiary/aromatic N) is 4. The van der Waals surface area contributed by atoms with E-state index in [1.165, 1.54) is 21.6 Å². The monoisotopic (exact) mass is 486 g/mol. The molecule has 0 saturated heterocycles. The van der Waals surface area contributed by atoms with E-state index < -0.39 is 5.82 Å². The molecule has 35 heavy (non-hydrogen) atoms. The molecule has 0 N–H and O–H groups in total. The van der Waals surface area contributed by atoms with Gasteiger partial charge in [0.2, 0.25) is 5.91 Å². The zero-order valence-corrected chi connectivity index (χ0v) is 20.2. The number of thioether (sulfide) groups is 1. The molecule has 0 aliphatic carbocycles. The molecule has 0 unspecified atom stereocenters. The van der Waals surface area contributed by atoms with Crippen molar-refractivity contribution in [1.82, 2.24) is 9.55 Å². The Hall–Kier alpha value is -3.96. The minimum absolute atomic E-state index is 0.0613. The van der Waals surface area contributed by atoms with Gasteiger partial charge in [-0.05, 0) is 55.3 Å². The van der Waals surface area contributed by atoms with E-state index in [-0.39, 0.29) is 35.9 Å². The molecule has 0 fully saturated rings. The molecule has 4 aromatic rings. The molecule has 1 heterocycles. The number of anilines is 1. The fraction of sp³-hybridized carbons (Fsp3) is 0.185. The van der Waals surface area contributed by atoms with Crippen LogP contribution in [-0.2, 0) is 4.79 Å². The van der Waals surface area contributed by atoms with Crippen molar-refractivity contribution in [3.63, 3.8) is 0 Å². The Kier molecular flexibility index (Phi) is 7.28. The second-order valence-electron chi connectivity index (χ2n) is 7.96. The second-order valence-corrected chi connectivity index (χ2v) is 8.91. The van der Waals surface area contributed by atoms with Crippen molar-refractivity contribution < 1.29 is 9.18 Å². The van der Waals surface area contributed by atoms with Gasteiger partial charge in [-0.15, -0.1) is 0 Å². The van der Waals surface area contributed by atoms with Gasteiger partial charge in [0.1, 0.15) is 5.82 Å². The van der Waals surface area contributed by atoms with Gasteiger partial charge in [0, 0.05) is 6.54 Å². The Morgan fingerprint density at radius 3 is 2.60 bits per heavy atom. The van der Waals surface area contributed by atoms with Crippen LogP contribution in [-0.4, -0.2) is 27.8 Å². The van der Waals surface area contributed by atoms with E-state index in [1.54, 1.807) is 36.4 Å². The zero-order valence-electron chi connectivity index (χ0n) is 19.4. The maximum absolute atomic E-state index is 14.4. The van der Waals surface area contributed by atoms with Crippen LogP contribution in [0.3, 0.4) is 0 Å². The van der Waals surface area contributed by atoms with E-state index in [9.17, 15) is 14.0 Å². The highest BCUT2D eigenvalue weighted by molar-refractivity contribution is 7.99. The highest BCUT2D eigenvalue weighted by Crippen LogP contribution is 2.26. The van der Waals surface area contributed by atoms with Crippen molar-refractivity contribution in [2.45, 2.75) is 25.4 Å². The van der Waals surface area contributed by atoms with Gasteiger partial charge in [-0.3, -0.25) is 14.2 Å².